The van der Waals surface area contributed by atoms with Crippen molar-refractivity contribution in [1.82, 2.24) is 0 Å². The van der Waals surface area contributed by atoms with E-state index in [9.17, 15) is 14.7 Å². The molecule has 0 spiro atoms. The molecule has 1 N–H and O–H groups in total. The van der Waals surface area contributed by atoms with Crippen LogP contribution in [-0.4, -0.2) is 36.4 Å². The van der Waals surface area contributed by atoms with E-state index in [0.717, 1.165) is 51.4 Å². The van der Waals surface area contributed by atoms with Gasteiger partial charge in [-0.1, -0.05) is 186 Å². The van der Waals surface area contributed by atoms with Gasteiger partial charge in [-0.3, -0.25) is 9.59 Å². The molecule has 0 aromatic carbocycles. The van der Waals surface area contributed by atoms with Crippen molar-refractivity contribution >= 4 is 11.9 Å². The molecule has 0 aromatic rings. The number of hydrogen-bond donors (Lipinski definition) is 1. The predicted molar refractivity (Wildman–Crippen MR) is 201 cm³/mol. The van der Waals surface area contributed by atoms with E-state index in [2.05, 4.69) is 38.2 Å². The molecule has 0 fully saturated rings. The minimum absolute atomic E-state index is 0.0691. The Bertz CT molecular complexity index is 716. The number of esters is 2. The first-order valence-electron chi connectivity index (χ1n) is 20.4. The number of carbonyl (C=O) groups excluding carboxylic acids is 2. The zero-order chi connectivity index (χ0) is 34.3. The van der Waals surface area contributed by atoms with Crippen molar-refractivity contribution in [3.05, 3.63) is 24.3 Å². The van der Waals surface area contributed by atoms with Crippen LogP contribution in [0.4, 0.5) is 0 Å². The van der Waals surface area contributed by atoms with E-state index in [1.165, 1.54) is 135 Å². The summed E-state index contributed by atoms with van der Waals surface area (Å²) in [6, 6.07) is 0. The average molecular weight is 663 g/mol. The Morgan fingerprint density at radius 2 is 0.872 bits per heavy atom. The van der Waals surface area contributed by atoms with Gasteiger partial charge in [0.15, 0.2) is 6.10 Å². The first-order chi connectivity index (χ1) is 23.1. The van der Waals surface area contributed by atoms with Crippen LogP contribution in [0.25, 0.3) is 0 Å². The third-order valence-corrected chi connectivity index (χ3v) is 9.00. The Morgan fingerprint density at radius 1 is 0.489 bits per heavy atom. The average Bonchev–Trinajstić information content (AvgIpc) is 3.07. The summed E-state index contributed by atoms with van der Waals surface area (Å²) in [5.41, 5.74) is 0. The molecule has 1 atom stereocenters. The third kappa shape index (κ3) is 37.1. The highest BCUT2D eigenvalue weighted by Gasteiger charge is 2.16. The van der Waals surface area contributed by atoms with Crippen molar-refractivity contribution in [2.45, 2.75) is 219 Å². The summed E-state index contributed by atoms with van der Waals surface area (Å²) >= 11 is 0. The van der Waals surface area contributed by atoms with Gasteiger partial charge in [0, 0.05) is 12.8 Å². The smallest absolute Gasteiger partial charge is 0.306 e. The highest BCUT2D eigenvalue weighted by Crippen LogP contribution is 2.15. The second kappa shape index (κ2) is 38.8. The van der Waals surface area contributed by atoms with Gasteiger partial charge in [-0.2, -0.15) is 0 Å². The van der Waals surface area contributed by atoms with Gasteiger partial charge in [0.1, 0.15) is 6.61 Å². The standard InChI is InChI=1S/C42H78O5/c1-3-5-7-9-11-13-15-17-19-20-21-22-23-25-27-29-31-33-35-37-42(45)47-40(38-43)39-46-41(44)36-34-32-30-28-26-24-18-16-14-12-10-8-6-4-2/h10,12,16,18,40,43H,3-9,11,13-15,17,19-39H2,1-2H3/b12-10+,18-16+/t40-/m0/s1. The fourth-order valence-electron chi connectivity index (χ4n) is 5.87. The van der Waals surface area contributed by atoms with E-state index >= 15 is 0 Å². The van der Waals surface area contributed by atoms with E-state index in [0.29, 0.717) is 12.8 Å². The number of unbranched alkanes of at least 4 members (excludes halogenated alkanes) is 25. The molecule has 0 radical (unpaired) electrons. The highest BCUT2D eigenvalue weighted by atomic mass is 16.6. The van der Waals surface area contributed by atoms with Gasteiger partial charge in [-0.05, 0) is 38.5 Å². The summed E-state index contributed by atoms with van der Waals surface area (Å²) < 4.78 is 10.6. The van der Waals surface area contributed by atoms with Crippen molar-refractivity contribution in [2.24, 2.45) is 0 Å². The first-order valence-corrected chi connectivity index (χ1v) is 20.4. The molecule has 0 amide bonds. The molecular formula is C42H78O5. The van der Waals surface area contributed by atoms with Gasteiger partial charge in [0.25, 0.3) is 0 Å². The third-order valence-electron chi connectivity index (χ3n) is 9.00. The topological polar surface area (TPSA) is 72.8 Å². The molecule has 0 heterocycles. The normalized spacial score (nSPS) is 12.3. The second-order valence-corrected chi connectivity index (χ2v) is 13.7. The lowest BCUT2D eigenvalue weighted by Crippen LogP contribution is -2.28. The molecule has 0 saturated carbocycles. The summed E-state index contributed by atoms with van der Waals surface area (Å²) in [4.78, 5) is 24.2. The van der Waals surface area contributed by atoms with E-state index < -0.39 is 6.10 Å². The Kier molecular flexibility index (Phi) is 37.5. The quantitative estimate of drug-likeness (QED) is 0.0407. The maximum atomic E-state index is 12.2. The minimum Gasteiger partial charge on any atom is -0.462 e. The van der Waals surface area contributed by atoms with Crippen LogP contribution in [0.1, 0.15) is 213 Å². The fraction of sp³-hybridized carbons (Fsp3) is 0.857. The van der Waals surface area contributed by atoms with E-state index in [-0.39, 0.29) is 25.2 Å². The number of ether oxygens (including phenoxy) is 2. The second-order valence-electron chi connectivity index (χ2n) is 13.7. The van der Waals surface area contributed by atoms with Crippen LogP contribution >= 0.6 is 0 Å². The molecule has 276 valence electrons. The lowest BCUT2D eigenvalue weighted by molar-refractivity contribution is -0.161. The van der Waals surface area contributed by atoms with Crippen LogP contribution in [0.2, 0.25) is 0 Å². The van der Waals surface area contributed by atoms with Crippen LogP contribution < -0.4 is 0 Å². The van der Waals surface area contributed by atoms with Crippen LogP contribution in [0.5, 0.6) is 0 Å². The van der Waals surface area contributed by atoms with E-state index in [1.807, 2.05) is 0 Å². The summed E-state index contributed by atoms with van der Waals surface area (Å²) in [6.07, 6.45) is 45.3. The molecule has 0 aliphatic carbocycles. The van der Waals surface area contributed by atoms with Gasteiger partial charge in [-0.25, -0.2) is 0 Å². The van der Waals surface area contributed by atoms with Gasteiger partial charge in [-0.15, -0.1) is 0 Å². The van der Waals surface area contributed by atoms with E-state index in [1.54, 1.807) is 0 Å². The molecule has 0 rings (SSSR count). The predicted octanol–water partition coefficient (Wildman–Crippen LogP) is 12.7. The number of carbonyl (C=O) groups is 2. The van der Waals surface area contributed by atoms with Crippen molar-refractivity contribution in [1.29, 1.82) is 0 Å². The van der Waals surface area contributed by atoms with Crippen molar-refractivity contribution < 1.29 is 24.2 Å². The summed E-state index contributed by atoms with van der Waals surface area (Å²) in [6.45, 7) is 4.10. The molecule has 5 nitrogen and oxygen atoms in total. The van der Waals surface area contributed by atoms with Crippen molar-refractivity contribution in [3.8, 4) is 0 Å². The van der Waals surface area contributed by atoms with Crippen molar-refractivity contribution in [3.63, 3.8) is 0 Å². The molecule has 5 heteroatoms. The molecule has 0 unspecified atom stereocenters. The van der Waals surface area contributed by atoms with Crippen LogP contribution in [0, 0.1) is 0 Å². The monoisotopic (exact) mass is 663 g/mol. The zero-order valence-electron chi connectivity index (χ0n) is 31.3. The molecule has 47 heavy (non-hydrogen) atoms. The Balaban J connectivity index is 3.52. The number of aliphatic hydroxyl groups is 1. The van der Waals surface area contributed by atoms with Crippen LogP contribution in [-0.2, 0) is 19.1 Å². The summed E-state index contributed by atoms with van der Waals surface area (Å²) in [7, 11) is 0. The van der Waals surface area contributed by atoms with Crippen molar-refractivity contribution in [2.75, 3.05) is 13.2 Å². The molecular weight excluding hydrogens is 584 g/mol. The van der Waals surface area contributed by atoms with Crippen LogP contribution in [0.3, 0.4) is 0 Å². The fourth-order valence-corrected chi connectivity index (χ4v) is 5.87. The lowest BCUT2D eigenvalue weighted by atomic mass is 10.0. The Hall–Kier alpha value is -1.62. The largest absolute Gasteiger partial charge is 0.462 e. The Labute approximate surface area is 292 Å². The summed E-state index contributed by atoms with van der Waals surface area (Å²) in [5, 5.41) is 9.55. The highest BCUT2D eigenvalue weighted by molar-refractivity contribution is 5.70. The van der Waals surface area contributed by atoms with Gasteiger partial charge < -0.3 is 14.6 Å². The molecule has 0 bridgehead atoms. The first kappa shape index (κ1) is 45.4. The zero-order valence-corrected chi connectivity index (χ0v) is 31.3. The number of hydrogen-bond acceptors (Lipinski definition) is 5. The SMILES string of the molecule is CCCC/C=C/C/C=C/CCCCCCCC(=O)OC[C@H](CO)OC(=O)CCCCCCCCCCCCCCCCCCCCC. The van der Waals surface area contributed by atoms with Gasteiger partial charge in [0.05, 0.1) is 6.61 Å². The lowest BCUT2D eigenvalue weighted by Gasteiger charge is -2.15. The minimum atomic E-state index is -0.772. The molecule has 0 saturated heterocycles. The number of aliphatic hydroxyl groups excluding tert-OH is 1. The summed E-state index contributed by atoms with van der Waals surface area (Å²) in [5.74, 6) is -0.599. The molecule has 0 aliphatic heterocycles. The Morgan fingerprint density at radius 3 is 1.32 bits per heavy atom. The maximum Gasteiger partial charge on any atom is 0.306 e. The van der Waals surface area contributed by atoms with E-state index in [4.69, 9.17) is 9.47 Å². The number of allylic oxidation sites excluding steroid dienone is 4. The maximum absolute atomic E-state index is 12.2. The van der Waals surface area contributed by atoms with Gasteiger partial charge >= 0.3 is 11.9 Å². The van der Waals surface area contributed by atoms with Crippen LogP contribution in [0.15, 0.2) is 24.3 Å². The number of rotatable bonds is 37. The van der Waals surface area contributed by atoms with Gasteiger partial charge in [0.2, 0.25) is 0 Å². The molecule has 0 aromatic heterocycles. The molecule has 0 aliphatic rings.